The van der Waals surface area contributed by atoms with Gasteiger partial charge in [-0.25, -0.2) is 0 Å². The van der Waals surface area contributed by atoms with E-state index in [9.17, 15) is 0 Å². The first kappa shape index (κ1) is 21.7. The van der Waals surface area contributed by atoms with E-state index in [2.05, 4.69) is 20.8 Å². The van der Waals surface area contributed by atoms with Gasteiger partial charge in [0.2, 0.25) is 0 Å². The molecule has 4 heteroatoms. The molecule has 0 radical (unpaired) electrons. The van der Waals surface area contributed by atoms with E-state index in [1.807, 2.05) is 0 Å². The first-order valence-electron chi connectivity index (χ1n) is 9.01. The predicted molar refractivity (Wildman–Crippen MR) is 93.6 cm³/mol. The van der Waals surface area contributed by atoms with Crippen LogP contribution in [-0.2, 0) is 9.47 Å². The average Bonchev–Trinajstić information content (AvgIpc) is 2.51. The van der Waals surface area contributed by atoms with Crippen molar-refractivity contribution in [1.29, 1.82) is 0 Å². The van der Waals surface area contributed by atoms with E-state index in [0.29, 0.717) is 19.8 Å². The normalized spacial score (nSPS) is 12.0. The Balaban J connectivity index is 4.28. The van der Waals surface area contributed by atoms with Crippen molar-refractivity contribution in [3.63, 3.8) is 0 Å². The SMILES string of the molecule is CCC[CH2][Sn]([CH2]CCC)([CH2]CCC)[CH2]OCCOCCO. The number of ether oxygens (including phenoxy) is 2. The molecule has 0 saturated heterocycles. The van der Waals surface area contributed by atoms with E-state index in [4.69, 9.17) is 14.6 Å². The van der Waals surface area contributed by atoms with Crippen molar-refractivity contribution >= 4 is 18.4 Å². The van der Waals surface area contributed by atoms with Gasteiger partial charge in [0.15, 0.2) is 0 Å². The van der Waals surface area contributed by atoms with Gasteiger partial charge in [-0.3, -0.25) is 0 Å². The Labute approximate surface area is 136 Å². The van der Waals surface area contributed by atoms with Crippen molar-refractivity contribution in [3.8, 4) is 0 Å². The average molecular weight is 409 g/mol. The van der Waals surface area contributed by atoms with Crippen LogP contribution in [0.3, 0.4) is 0 Å². The van der Waals surface area contributed by atoms with Gasteiger partial charge >= 0.3 is 137 Å². The Hall–Kier alpha value is 0.679. The van der Waals surface area contributed by atoms with Gasteiger partial charge in [0.25, 0.3) is 0 Å². The van der Waals surface area contributed by atoms with Crippen LogP contribution in [0.25, 0.3) is 0 Å². The van der Waals surface area contributed by atoms with Gasteiger partial charge in [0, 0.05) is 0 Å². The van der Waals surface area contributed by atoms with Gasteiger partial charge in [-0.2, -0.15) is 0 Å². The molecule has 0 spiro atoms. The van der Waals surface area contributed by atoms with E-state index >= 15 is 0 Å². The first-order valence-corrected chi connectivity index (χ1v) is 17.1. The van der Waals surface area contributed by atoms with Crippen LogP contribution in [0.5, 0.6) is 0 Å². The van der Waals surface area contributed by atoms with E-state index in [-0.39, 0.29) is 6.61 Å². The van der Waals surface area contributed by atoms with Crippen molar-refractivity contribution in [1.82, 2.24) is 0 Å². The van der Waals surface area contributed by atoms with Gasteiger partial charge in [-0.05, 0) is 0 Å². The summed E-state index contributed by atoms with van der Waals surface area (Å²) in [5.41, 5.74) is 0. The van der Waals surface area contributed by atoms with Crippen LogP contribution < -0.4 is 0 Å². The van der Waals surface area contributed by atoms with Gasteiger partial charge in [0.05, 0.1) is 0 Å². The van der Waals surface area contributed by atoms with Crippen molar-refractivity contribution in [3.05, 3.63) is 0 Å². The summed E-state index contributed by atoms with van der Waals surface area (Å²) in [5, 5.41) is 8.69. The number of rotatable bonds is 16. The molecule has 0 aliphatic rings. The molecule has 0 rings (SSSR count). The number of hydrogen-bond donors (Lipinski definition) is 1. The van der Waals surface area contributed by atoms with Crippen LogP contribution in [0.15, 0.2) is 0 Å². The van der Waals surface area contributed by atoms with Crippen LogP contribution in [0.4, 0.5) is 0 Å². The van der Waals surface area contributed by atoms with E-state index in [0.717, 1.165) is 4.62 Å². The fourth-order valence-corrected chi connectivity index (χ4v) is 17.3. The summed E-state index contributed by atoms with van der Waals surface area (Å²) < 4.78 is 16.9. The summed E-state index contributed by atoms with van der Waals surface area (Å²) in [4.78, 5) is 0. The minimum atomic E-state index is -2.09. The van der Waals surface area contributed by atoms with Crippen molar-refractivity contribution in [2.24, 2.45) is 0 Å². The second kappa shape index (κ2) is 15.6. The summed E-state index contributed by atoms with van der Waals surface area (Å²) in [6, 6.07) is 0. The molecule has 0 saturated carbocycles. The molecule has 0 fully saturated rings. The van der Waals surface area contributed by atoms with Gasteiger partial charge < -0.3 is 0 Å². The van der Waals surface area contributed by atoms with Crippen molar-refractivity contribution < 1.29 is 14.6 Å². The molecule has 0 aliphatic carbocycles. The number of aliphatic hydroxyl groups is 1. The molecule has 21 heavy (non-hydrogen) atoms. The van der Waals surface area contributed by atoms with E-state index in [1.54, 1.807) is 0 Å². The summed E-state index contributed by atoms with van der Waals surface area (Å²) in [6.07, 6.45) is 8.14. The molecule has 0 aromatic heterocycles. The second-order valence-electron chi connectivity index (χ2n) is 6.20. The maximum absolute atomic E-state index is 8.69. The van der Waals surface area contributed by atoms with Crippen LogP contribution >= 0.6 is 0 Å². The zero-order valence-electron chi connectivity index (χ0n) is 14.7. The molecule has 0 bridgehead atoms. The first-order chi connectivity index (χ1) is 10.2. The predicted octanol–water partition coefficient (Wildman–Crippen LogP) is 4.40. The number of aliphatic hydroxyl groups excluding tert-OH is 1. The zero-order valence-corrected chi connectivity index (χ0v) is 17.5. The molecular formula is C17H38O3Sn. The second-order valence-corrected chi connectivity index (χ2v) is 19.9. The Kier molecular flexibility index (Phi) is 16.1. The molecule has 0 atom stereocenters. The maximum atomic E-state index is 8.69. The third kappa shape index (κ3) is 11.8. The van der Waals surface area contributed by atoms with Crippen LogP contribution in [0.1, 0.15) is 59.3 Å². The Bertz CT molecular complexity index is 190. The van der Waals surface area contributed by atoms with Gasteiger partial charge in [-0.15, -0.1) is 0 Å². The molecule has 0 aromatic rings. The van der Waals surface area contributed by atoms with Crippen LogP contribution in [0.2, 0.25) is 13.3 Å². The van der Waals surface area contributed by atoms with Gasteiger partial charge in [0.1, 0.15) is 0 Å². The molecule has 0 aromatic carbocycles. The topological polar surface area (TPSA) is 38.7 Å². The fraction of sp³-hybridized carbons (Fsp3) is 1.00. The molecule has 0 aliphatic heterocycles. The zero-order chi connectivity index (χ0) is 15.8. The van der Waals surface area contributed by atoms with Gasteiger partial charge in [-0.1, -0.05) is 0 Å². The summed E-state index contributed by atoms with van der Waals surface area (Å²) in [5.74, 6) is 0. The van der Waals surface area contributed by atoms with Crippen molar-refractivity contribution in [2.75, 3.05) is 31.1 Å². The number of unbranched alkanes of at least 4 members (excludes halogenated alkanes) is 3. The molecule has 0 heterocycles. The molecule has 128 valence electrons. The molecule has 0 amide bonds. The summed E-state index contributed by atoms with van der Waals surface area (Å²) in [7, 11) is 0. The molecule has 0 unspecified atom stereocenters. The quantitative estimate of drug-likeness (QED) is 0.304. The van der Waals surface area contributed by atoms with Crippen LogP contribution in [-0.4, -0.2) is 54.5 Å². The van der Waals surface area contributed by atoms with Crippen molar-refractivity contribution in [2.45, 2.75) is 72.6 Å². The van der Waals surface area contributed by atoms with E-state index < -0.39 is 18.4 Å². The molecule has 1 N–H and O–H groups in total. The Morgan fingerprint density at radius 2 is 1.19 bits per heavy atom. The van der Waals surface area contributed by atoms with E-state index in [1.165, 1.54) is 51.8 Å². The van der Waals surface area contributed by atoms with Crippen LogP contribution in [0, 0.1) is 0 Å². The third-order valence-electron chi connectivity index (χ3n) is 4.20. The molecular weight excluding hydrogens is 371 g/mol. The Morgan fingerprint density at radius 3 is 1.62 bits per heavy atom. The summed E-state index contributed by atoms with van der Waals surface area (Å²) in [6.45, 7) is 8.77. The standard InChI is InChI=1S/C5H11O3.3C4H9.Sn/c1-7-4-5-8-3-2-6;3*1-3-4-2;/h6H,1-5H2;3*1,3-4H2,2H3;. The molecule has 3 nitrogen and oxygen atoms in total. The summed E-state index contributed by atoms with van der Waals surface area (Å²) >= 11 is -2.09. The number of hydrogen-bond acceptors (Lipinski definition) is 3. The Morgan fingerprint density at radius 1 is 0.714 bits per heavy atom. The monoisotopic (exact) mass is 410 g/mol. The third-order valence-corrected chi connectivity index (χ3v) is 18.6. The fourth-order valence-electron chi connectivity index (χ4n) is 2.82. The minimum absolute atomic E-state index is 0.104.